The SMILES string of the molecule is O=C(Nc1cc(C2CCCCCC2)[nH]n1)c1cnccn1. The maximum atomic E-state index is 12.0. The summed E-state index contributed by atoms with van der Waals surface area (Å²) < 4.78 is 0. The molecule has 0 unspecified atom stereocenters. The normalized spacial score (nSPS) is 16.4. The smallest absolute Gasteiger partial charge is 0.277 e. The van der Waals surface area contributed by atoms with Gasteiger partial charge in [-0.25, -0.2) is 4.98 Å². The van der Waals surface area contributed by atoms with Crippen molar-refractivity contribution in [2.24, 2.45) is 0 Å². The second kappa shape index (κ2) is 6.47. The number of amides is 1. The number of hydrogen-bond acceptors (Lipinski definition) is 4. The molecule has 2 aromatic rings. The van der Waals surface area contributed by atoms with E-state index in [1.807, 2.05) is 6.07 Å². The number of carbonyl (C=O) groups excluding carboxylic acids is 1. The molecule has 1 amide bonds. The van der Waals surface area contributed by atoms with E-state index in [1.54, 1.807) is 0 Å². The van der Waals surface area contributed by atoms with E-state index < -0.39 is 0 Å². The first-order valence-electron chi connectivity index (χ1n) is 7.45. The minimum atomic E-state index is -0.290. The molecule has 1 aliphatic rings. The molecule has 0 radical (unpaired) electrons. The molecule has 2 heterocycles. The lowest BCUT2D eigenvalue weighted by atomic mass is 9.97. The first-order chi connectivity index (χ1) is 10.3. The molecule has 2 N–H and O–H groups in total. The highest BCUT2D eigenvalue weighted by atomic mass is 16.2. The summed E-state index contributed by atoms with van der Waals surface area (Å²) in [5.74, 6) is 0.786. The van der Waals surface area contributed by atoms with E-state index >= 15 is 0 Å². The van der Waals surface area contributed by atoms with Crippen LogP contribution in [0.4, 0.5) is 5.82 Å². The molecule has 21 heavy (non-hydrogen) atoms. The van der Waals surface area contributed by atoms with Crippen molar-refractivity contribution < 1.29 is 4.79 Å². The molecular formula is C15H19N5O. The van der Waals surface area contributed by atoms with Crippen molar-refractivity contribution in [2.75, 3.05) is 5.32 Å². The number of nitrogens with zero attached hydrogens (tertiary/aromatic N) is 3. The number of anilines is 1. The van der Waals surface area contributed by atoms with E-state index in [4.69, 9.17) is 0 Å². The van der Waals surface area contributed by atoms with Gasteiger partial charge < -0.3 is 5.32 Å². The van der Waals surface area contributed by atoms with Gasteiger partial charge >= 0.3 is 0 Å². The van der Waals surface area contributed by atoms with Crippen LogP contribution in [0.3, 0.4) is 0 Å². The number of aromatic nitrogens is 4. The van der Waals surface area contributed by atoms with Gasteiger partial charge in [0, 0.05) is 30.1 Å². The maximum Gasteiger partial charge on any atom is 0.277 e. The summed E-state index contributed by atoms with van der Waals surface area (Å²) in [6, 6.07) is 1.93. The number of H-pyrrole nitrogens is 1. The Morgan fingerprint density at radius 1 is 1.19 bits per heavy atom. The number of hydrogen-bond donors (Lipinski definition) is 2. The lowest BCUT2D eigenvalue weighted by Gasteiger charge is -2.10. The summed E-state index contributed by atoms with van der Waals surface area (Å²) in [6.45, 7) is 0. The van der Waals surface area contributed by atoms with Gasteiger partial charge in [0.2, 0.25) is 0 Å². The third kappa shape index (κ3) is 3.45. The summed E-state index contributed by atoms with van der Waals surface area (Å²) in [6.07, 6.45) is 12.0. The molecule has 6 heteroatoms. The molecule has 0 bridgehead atoms. The van der Waals surface area contributed by atoms with Crippen LogP contribution in [0.15, 0.2) is 24.7 Å². The Morgan fingerprint density at radius 2 is 2.00 bits per heavy atom. The minimum absolute atomic E-state index is 0.288. The maximum absolute atomic E-state index is 12.0. The summed E-state index contributed by atoms with van der Waals surface area (Å²) in [5.41, 5.74) is 1.41. The van der Waals surface area contributed by atoms with Gasteiger partial charge in [-0.15, -0.1) is 0 Å². The van der Waals surface area contributed by atoms with Crippen LogP contribution in [0, 0.1) is 0 Å². The third-order valence-electron chi connectivity index (χ3n) is 3.93. The molecule has 110 valence electrons. The Labute approximate surface area is 123 Å². The van der Waals surface area contributed by atoms with E-state index in [0.717, 1.165) is 5.69 Å². The van der Waals surface area contributed by atoms with Gasteiger partial charge in [0.1, 0.15) is 5.69 Å². The zero-order valence-electron chi connectivity index (χ0n) is 11.9. The van der Waals surface area contributed by atoms with Crippen molar-refractivity contribution in [3.05, 3.63) is 36.0 Å². The van der Waals surface area contributed by atoms with Crippen LogP contribution >= 0.6 is 0 Å². The monoisotopic (exact) mass is 285 g/mol. The van der Waals surface area contributed by atoms with Crippen LogP contribution in [0.5, 0.6) is 0 Å². The minimum Gasteiger partial charge on any atom is -0.304 e. The highest BCUT2D eigenvalue weighted by Crippen LogP contribution is 2.31. The fraction of sp³-hybridized carbons (Fsp3) is 0.467. The first kappa shape index (κ1) is 13.7. The molecule has 2 aromatic heterocycles. The molecule has 0 atom stereocenters. The standard InChI is InChI=1S/C15H19N5O/c21-15(13-10-16-7-8-17-13)18-14-9-12(19-20-14)11-5-3-1-2-4-6-11/h7-11H,1-6H2,(H2,18,19,20,21). The van der Waals surface area contributed by atoms with Crippen LogP contribution in [0.1, 0.15) is 60.6 Å². The molecule has 3 rings (SSSR count). The van der Waals surface area contributed by atoms with Crippen LogP contribution < -0.4 is 5.32 Å². The van der Waals surface area contributed by atoms with E-state index in [9.17, 15) is 4.79 Å². The summed E-state index contributed by atoms with van der Waals surface area (Å²) >= 11 is 0. The molecule has 1 saturated carbocycles. The second-order valence-corrected chi connectivity index (χ2v) is 5.44. The average Bonchev–Trinajstić information content (AvgIpc) is 2.81. The topological polar surface area (TPSA) is 83.6 Å². The zero-order valence-corrected chi connectivity index (χ0v) is 11.9. The Morgan fingerprint density at radius 3 is 2.71 bits per heavy atom. The van der Waals surface area contributed by atoms with Gasteiger partial charge in [-0.1, -0.05) is 25.7 Å². The van der Waals surface area contributed by atoms with Gasteiger partial charge in [-0.05, 0) is 12.8 Å². The summed E-state index contributed by atoms with van der Waals surface area (Å²) in [7, 11) is 0. The van der Waals surface area contributed by atoms with Gasteiger partial charge in [0.15, 0.2) is 5.82 Å². The van der Waals surface area contributed by atoms with Crippen molar-refractivity contribution in [1.82, 2.24) is 20.2 Å². The molecule has 0 saturated heterocycles. The van der Waals surface area contributed by atoms with E-state index in [-0.39, 0.29) is 11.6 Å². The van der Waals surface area contributed by atoms with Gasteiger partial charge in [0.25, 0.3) is 5.91 Å². The average molecular weight is 285 g/mol. The third-order valence-corrected chi connectivity index (χ3v) is 3.93. The van der Waals surface area contributed by atoms with Crippen molar-refractivity contribution >= 4 is 11.7 Å². The lowest BCUT2D eigenvalue weighted by molar-refractivity contribution is 0.102. The predicted molar refractivity (Wildman–Crippen MR) is 79.0 cm³/mol. The Bertz CT molecular complexity index is 587. The van der Waals surface area contributed by atoms with Crippen molar-refractivity contribution in [2.45, 2.75) is 44.4 Å². The first-order valence-corrected chi connectivity index (χ1v) is 7.45. The fourth-order valence-corrected chi connectivity index (χ4v) is 2.80. The van der Waals surface area contributed by atoms with E-state index in [1.165, 1.54) is 57.1 Å². The number of rotatable bonds is 3. The fourth-order valence-electron chi connectivity index (χ4n) is 2.80. The molecular weight excluding hydrogens is 266 g/mol. The van der Waals surface area contributed by atoms with Gasteiger partial charge in [-0.2, -0.15) is 5.10 Å². The van der Waals surface area contributed by atoms with Crippen molar-refractivity contribution in [3.8, 4) is 0 Å². The predicted octanol–water partition coefficient (Wildman–Crippen LogP) is 2.89. The van der Waals surface area contributed by atoms with Gasteiger partial charge in [0.05, 0.1) is 6.20 Å². The lowest BCUT2D eigenvalue weighted by Crippen LogP contribution is -2.13. The van der Waals surface area contributed by atoms with Crippen LogP contribution in [0.25, 0.3) is 0 Å². The van der Waals surface area contributed by atoms with Crippen molar-refractivity contribution in [1.29, 1.82) is 0 Å². The number of aromatic amines is 1. The van der Waals surface area contributed by atoms with E-state index in [0.29, 0.717) is 11.7 Å². The highest BCUT2D eigenvalue weighted by molar-refractivity contribution is 6.02. The Balaban J connectivity index is 1.66. The molecule has 0 aromatic carbocycles. The van der Waals surface area contributed by atoms with Crippen LogP contribution in [-0.2, 0) is 0 Å². The van der Waals surface area contributed by atoms with Gasteiger partial charge in [-0.3, -0.25) is 14.9 Å². The number of carbonyl (C=O) groups is 1. The van der Waals surface area contributed by atoms with E-state index in [2.05, 4.69) is 25.5 Å². The second-order valence-electron chi connectivity index (χ2n) is 5.44. The molecule has 1 aliphatic carbocycles. The molecule has 1 fully saturated rings. The van der Waals surface area contributed by atoms with Crippen LogP contribution in [0.2, 0.25) is 0 Å². The summed E-state index contributed by atoms with van der Waals surface area (Å²) in [4.78, 5) is 19.8. The Hall–Kier alpha value is -2.24. The largest absolute Gasteiger partial charge is 0.304 e. The molecule has 0 aliphatic heterocycles. The van der Waals surface area contributed by atoms with Crippen molar-refractivity contribution in [3.63, 3.8) is 0 Å². The zero-order chi connectivity index (χ0) is 14.5. The van der Waals surface area contributed by atoms with Crippen LogP contribution in [-0.4, -0.2) is 26.1 Å². The molecule has 0 spiro atoms. The summed E-state index contributed by atoms with van der Waals surface area (Å²) in [5, 5.41) is 9.99. The highest BCUT2D eigenvalue weighted by Gasteiger charge is 2.17. The Kier molecular flexibility index (Phi) is 4.23. The number of nitrogens with one attached hydrogen (secondary N) is 2. The molecule has 6 nitrogen and oxygen atoms in total. The quantitative estimate of drug-likeness (QED) is 0.849.